The highest BCUT2D eigenvalue weighted by molar-refractivity contribution is 7.89. The summed E-state index contributed by atoms with van der Waals surface area (Å²) in [5.41, 5.74) is 2.43. The van der Waals surface area contributed by atoms with Crippen LogP contribution in [0.1, 0.15) is 16.7 Å². The Morgan fingerprint density at radius 3 is 2.51 bits per heavy atom. The predicted octanol–water partition coefficient (Wildman–Crippen LogP) is 2.03. The Bertz CT molecular complexity index is 1200. The molecule has 0 aromatic heterocycles. The van der Waals surface area contributed by atoms with Gasteiger partial charge in [-0.1, -0.05) is 36.4 Å². The number of carbonyl (C=O) groups excluding carboxylic acids is 1. The zero-order chi connectivity index (χ0) is 25.6. The molecule has 0 unspecified atom stereocenters. The summed E-state index contributed by atoms with van der Waals surface area (Å²) in [4.78, 5) is 30.9. The van der Waals surface area contributed by atoms with E-state index in [0.29, 0.717) is 31.0 Å². The first-order valence-electron chi connectivity index (χ1n) is 11.1. The van der Waals surface area contributed by atoms with Crippen LogP contribution in [0.25, 0.3) is 0 Å². The van der Waals surface area contributed by atoms with Crippen molar-refractivity contribution in [2.45, 2.75) is 18.4 Å². The molecule has 0 saturated heterocycles. The number of likely N-dealkylation sites (N-methyl/N-ethyl adjacent to an activating group) is 2. The van der Waals surface area contributed by atoms with Crippen molar-refractivity contribution in [2.24, 2.45) is 4.99 Å². The fraction of sp³-hybridized carbons (Fsp3) is 0.375. The van der Waals surface area contributed by atoms with Crippen molar-refractivity contribution in [1.82, 2.24) is 14.1 Å². The lowest BCUT2D eigenvalue weighted by molar-refractivity contribution is -0.135. The van der Waals surface area contributed by atoms with E-state index in [4.69, 9.17) is 4.74 Å². The van der Waals surface area contributed by atoms with Crippen LogP contribution in [-0.4, -0.2) is 92.4 Å². The lowest BCUT2D eigenvalue weighted by Gasteiger charge is -2.20. The van der Waals surface area contributed by atoms with Crippen LogP contribution >= 0.6 is 0 Å². The van der Waals surface area contributed by atoms with Gasteiger partial charge in [-0.15, -0.1) is 0 Å². The Morgan fingerprint density at radius 1 is 1.14 bits per heavy atom. The summed E-state index contributed by atoms with van der Waals surface area (Å²) in [7, 11) is -0.492. The summed E-state index contributed by atoms with van der Waals surface area (Å²) in [6.07, 6.45) is -1.03. The monoisotopic (exact) mass is 502 g/mol. The van der Waals surface area contributed by atoms with Gasteiger partial charge in [0.25, 0.3) is 0 Å². The van der Waals surface area contributed by atoms with Gasteiger partial charge in [-0.25, -0.2) is 13.2 Å². The smallest absolute Gasteiger partial charge is 0.413 e. The van der Waals surface area contributed by atoms with Crippen molar-refractivity contribution >= 4 is 27.9 Å². The topological polar surface area (TPSA) is 120 Å². The number of hydrogen-bond acceptors (Lipinski definition) is 6. The van der Waals surface area contributed by atoms with Gasteiger partial charge in [0, 0.05) is 32.7 Å². The molecule has 0 fully saturated rings. The highest BCUT2D eigenvalue weighted by atomic mass is 32.2. The minimum absolute atomic E-state index is 0.0814. The maximum atomic E-state index is 12.6. The van der Waals surface area contributed by atoms with Gasteiger partial charge in [-0.2, -0.15) is 4.31 Å². The molecular weight excluding hydrogens is 472 g/mol. The Labute approximate surface area is 205 Å². The number of benzene rings is 2. The molecule has 35 heavy (non-hydrogen) atoms. The summed E-state index contributed by atoms with van der Waals surface area (Å²) in [5.74, 6) is 0.187. The van der Waals surface area contributed by atoms with Crippen LogP contribution in [-0.2, 0) is 26.1 Å². The first kappa shape index (κ1) is 26.3. The normalized spacial score (nSPS) is 13.7. The largest absolute Gasteiger partial charge is 0.465 e. The SMILES string of the molecule is Cc1cccc(S(=O)(=O)N(C)CCOCC(=O)N(C)Cc2ccc(C3=NCCN3C(=O)O)cc2)c1. The van der Waals surface area contributed by atoms with Crippen LogP contribution in [0.4, 0.5) is 4.79 Å². The standard InChI is InChI=1S/C24H30N4O6S/c1-18-5-4-6-21(15-18)35(32,33)27(3)13-14-34-17-22(29)26(2)16-19-7-9-20(10-8-19)23-25-11-12-28(23)24(30)31/h4-10,15H,11-14,16-17H2,1-3H3,(H,30,31). The molecule has 1 aliphatic rings. The maximum Gasteiger partial charge on any atom is 0.413 e. The van der Waals surface area contributed by atoms with E-state index >= 15 is 0 Å². The fourth-order valence-corrected chi connectivity index (χ4v) is 4.80. The first-order chi connectivity index (χ1) is 16.6. The van der Waals surface area contributed by atoms with Crippen molar-refractivity contribution in [2.75, 3.05) is 46.9 Å². The number of ether oxygens (including phenoxy) is 1. The number of rotatable bonds is 10. The Balaban J connectivity index is 1.45. The molecule has 0 atom stereocenters. The molecule has 11 heteroatoms. The second-order valence-electron chi connectivity index (χ2n) is 8.28. The Kier molecular flexibility index (Phi) is 8.60. The molecule has 0 saturated carbocycles. The van der Waals surface area contributed by atoms with E-state index in [1.165, 1.54) is 21.2 Å². The predicted molar refractivity (Wildman–Crippen MR) is 131 cm³/mol. The van der Waals surface area contributed by atoms with Crippen LogP contribution in [0.3, 0.4) is 0 Å². The Morgan fingerprint density at radius 2 is 1.86 bits per heavy atom. The van der Waals surface area contributed by atoms with Crippen molar-refractivity contribution in [3.05, 3.63) is 65.2 Å². The fourth-order valence-electron chi connectivity index (χ4n) is 3.54. The highest BCUT2D eigenvalue weighted by Gasteiger charge is 2.24. The molecule has 3 rings (SSSR count). The number of amides is 2. The quantitative estimate of drug-likeness (QED) is 0.497. The number of hydrogen-bond donors (Lipinski definition) is 1. The van der Waals surface area contributed by atoms with Crippen LogP contribution in [0, 0.1) is 6.92 Å². The number of sulfonamides is 1. The molecule has 1 heterocycles. The third-order valence-corrected chi connectivity index (χ3v) is 7.46. The van der Waals surface area contributed by atoms with Gasteiger partial charge in [-0.3, -0.25) is 14.7 Å². The third kappa shape index (κ3) is 6.65. The summed E-state index contributed by atoms with van der Waals surface area (Å²) in [6.45, 7) is 2.99. The van der Waals surface area contributed by atoms with E-state index in [1.807, 2.05) is 25.1 Å². The molecule has 2 aromatic carbocycles. The van der Waals surface area contributed by atoms with E-state index in [0.717, 1.165) is 11.1 Å². The first-order valence-corrected chi connectivity index (χ1v) is 12.5. The molecule has 2 amide bonds. The van der Waals surface area contributed by atoms with Gasteiger partial charge in [0.2, 0.25) is 15.9 Å². The average Bonchev–Trinajstić information content (AvgIpc) is 3.32. The van der Waals surface area contributed by atoms with Gasteiger partial charge in [0.15, 0.2) is 0 Å². The van der Waals surface area contributed by atoms with Crippen molar-refractivity contribution in [3.8, 4) is 0 Å². The van der Waals surface area contributed by atoms with Crippen LogP contribution in [0.2, 0.25) is 0 Å². The molecule has 0 spiro atoms. The third-order valence-electron chi connectivity index (χ3n) is 5.60. The van der Waals surface area contributed by atoms with Gasteiger partial charge in [0.1, 0.15) is 12.4 Å². The van der Waals surface area contributed by atoms with Crippen molar-refractivity contribution in [3.63, 3.8) is 0 Å². The Hall–Kier alpha value is -3.28. The summed E-state index contributed by atoms with van der Waals surface area (Å²) in [5, 5.41) is 9.26. The molecule has 0 radical (unpaired) electrons. The van der Waals surface area contributed by atoms with E-state index in [1.54, 1.807) is 37.4 Å². The number of aliphatic imine (C=N–C) groups is 1. The molecule has 0 aliphatic carbocycles. The zero-order valence-electron chi connectivity index (χ0n) is 20.0. The summed E-state index contributed by atoms with van der Waals surface area (Å²) < 4.78 is 31.9. The zero-order valence-corrected chi connectivity index (χ0v) is 20.9. The number of amidine groups is 1. The minimum atomic E-state index is -3.62. The number of aryl methyl sites for hydroxylation is 1. The lowest BCUT2D eigenvalue weighted by Crippen LogP contribution is -2.33. The van der Waals surface area contributed by atoms with Gasteiger partial charge in [-0.05, 0) is 30.2 Å². The second kappa shape index (κ2) is 11.4. The van der Waals surface area contributed by atoms with Crippen LogP contribution < -0.4 is 0 Å². The van der Waals surface area contributed by atoms with Crippen LogP contribution in [0.5, 0.6) is 0 Å². The van der Waals surface area contributed by atoms with Crippen molar-refractivity contribution in [1.29, 1.82) is 0 Å². The lowest BCUT2D eigenvalue weighted by atomic mass is 10.1. The molecule has 1 N–H and O–H groups in total. The molecule has 0 bridgehead atoms. The van der Waals surface area contributed by atoms with Gasteiger partial charge in [0.05, 0.1) is 24.6 Å². The number of carbonyl (C=O) groups is 2. The summed E-state index contributed by atoms with van der Waals surface area (Å²) >= 11 is 0. The van der Waals surface area contributed by atoms with E-state index in [-0.39, 0.29) is 30.6 Å². The van der Waals surface area contributed by atoms with E-state index in [9.17, 15) is 23.1 Å². The average molecular weight is 503 g/mol. The van der Waals surface area contributed by atoms with E-state index < -0.39 is 16.1 Å². The molecule has 2 aromatic rings. The number of carboxylic acid groups (broad SMARTS) is 1. The molecule has 1 aliphatic heterocycles. The van der Waals surface area contributed by atoms with Crippen LogP contribution in [0.15, 0.2) is 58.4 Å². The number of nitrogens with zero attached hydrogens (tertiary/aromatic N) is 4. The van der Waals surface area contributed by atoms with E-state index in [2.05, 4.69) is 4.99 Å². The van der Waals surface area contributed by atoms with Gasteiger partial charge >= 0.3 is 6.09 Å². The van der Waals surface area contributed by atoms with Crippen molar-refractivity contribution < 1.29 is 27.9 Å². The molecule has 10 nitrogen and oxygen atoms in total. The minimum Gasteiger partial charge on any atom is -0.465 e. The van der Waals surface area contributed by atoms with Gasteiger partial charge < -0.3 is 14.7 Å². The highest BCUT2D eigenvalue weighted by Crippen LogP contribution is 2.16. The molecular formula is C24H30N4O6S. The summed E-state index contributed by atoms with van der Waals surface area (Å²) in [6, 6.07) is 13.9. The maximum absolute atomic E-state index is 12.6. The molecule has 188 valence electrons. The second-order valence-corrected chi connectivity index (χ2v) is 10.3.